The molecule has 0 bridgehead atoms. The van der Waals surface area contributed by atoms with E-state index in [1.807, 2.05) is 47.8 Å². The summed E-state index contributed by atoms with van der Waals surface area (Å²) < 4.78 is 0. The van der Waals surface area contributed by atoms with Gasteiger partial charge in [0.15, 0.2) is 0 Å². The number of nitrogens with one attached hydrogen (secondary N) is 1. The van der Waals surface area contributed by atoms with Gasteiger partial charge in [-0.25, -0.2) is 0 Å². The molecule has 1 aromatic heterocycles. The largest absolute Gasteiger partial charge is 0.354 e. The number of thioether (sulfide) groups is 2. The molecule has 1 aromatic carbocycles. The van der Waals surface area contributed by atoms with Crippen molar-refractivity contribution in [2.45, 2.75) is 4.90 Å². The first-order valence-electron chi connectivity index (χ1n) is 7.87. The first kappa shape index (κ1) is 18.8. The van der Waals surface area contributed by atoms with E-state index in [1.165, 1.54) is 28.0 Å². The second-order valence-corrected chi connectivity index (χ2v) is 8.32. The molecule has 2 aromatic rings. The van der Waals surface area contributed by atoms with Crippen molar-refractivity contribution in [3.05, 3.63) is 57.6 Å². The maximum atomic E-state index is 12.3. The van der Waals surface area contributed by atoms with Crippen molar-refractivity contribution in [1.29, 1.82) is 0 Å². The molecule has 0 spiro atoms. The summed E-state index contributed by atoms with van der Waals surface area (Å²) in [5.74, 6) is -0.134. The van der Waals surface area contributed by atoms with Gasteiger partial charge in [0.05, 0.1) is 10.7 Å². The lowest BCUT2D eigenvalue weighted by Gasteiger charge is -2.12. The maximum Gasteiger partial charge on any atom is 0.293 e. The molecular formula is C18H16N2O3S3. The Bertz CT molecular complexity index is 819. The van der Waals surface area contributed by atoms with Gasteiger partial charge in [-0.2, -0.15) is 0 Å². The van der Waals surface area contributed by atoms with Crippen molar-refractivity contribution in [3.8, 4) is 0 Å². The third-order valence-corrected chi connectivity index (χ3v) is 6.20. The SMILES string of the molecule is O=C(CSc1ccccc1)NCCN1C(=O)S/C(=C\c2cccs2)C1=O. The molecule has 1 aliphatic heterocycles. The number of carbonyl (C=O) groups excluding carboxylic acids is 3. The van der Waals surface area contributed by atoms with E-state index in [0.29, 0.717) is 10.7 Å². The molecule has 3 amide bonds. The minimum absolute atomic E-state index is 0.125. The standard InChI is InChI=1S/C18H16N2O3S3/c21-16(12-25-13-5-2-1-3-6-13)19-8-9-20-17(22)15(26-18(20)23)11-14-7-4-10-24-14/h1-7,10-11H,8-9,12H2,(H,19,21)/b15-11-. The number of hydrogen-bond acceptors (Lipinski definition) is 6. The summed E-state index contributed by atoms with van der Waals surface area (Å²) in [6, 6.07) is 13.4. The van der Waals surface area contributed by atoms with E-state index in [9.17, 15) is 14.4 Å². The van der Waals surface area contributed by atoms with Crippen molar-refractivity contribution >= 4 is 58.0 Å². The van der Waals surface area contributed by atoms with Crippen LogP contribution >= 0.6 is 34.9 Å². The summed E-state index contributed by atoms with van der Waals surface area (Å²) in [6.45, 7) is 0.423. The van der Waals surface area contributed by atoms with Crippen LogP contribution in [0.15, 0.2) is 57.6 Å². The zero-order chi connectivity index (χ0) is 18.4. The summed E-state index contributed by atoms with van der Waals surface area (Å²) in [5.41, 5.74) is 0. The van der Waals surface area contributed by atoms with E-state index in [-0.39, 0.29) is 30.1 Å². The second kappa shape index (κ2) is 9.07. The quantitative estimate of drug-likeness (QED) is 0.563. The summed E-state index contributed by atoms with van der Waals surface area (Å²) >= 11 is 3.89. The molecule has 0 radical (unpaired) electrons. The number of benzene rings is 1. The molecule has 1 N–H and O–H groups in total. The Morgan fingerprint density at radius 1 is 1.15 bits per heavy atom. The van der Waals surface area contributed by atoms with E-state index in [4.69, 9.17) is 0 Å². The Kier molecular flexibility index (Phi) is 6.54. The van der Waals surface area contributed by atoms with Crippen LogP contribution in [0.4, 0.5) is 4.79 Å². The Labute approximate surface area is 163 Å². The maximum absolute atomic E-state index is 12.3. The Hall–Kier alpha value is -2.03. The fourth-order valence-electron chi connectivity index (χ4n) is 2.22. The Morgan fingerprint density at radius 2 is 1.96 bits per heavy atom. The highest BCUT2D eigenvalue weighted by Crippen LogP contribution is 2.32. The molecule has 0 atom stereocenters. The van der Waals surface area contributed by atoms with E-state index in [0.717, 1.165) is 21.5 Å². The van der Waals surface area contributed by atoms with Gasteiger partial charge in [-0.15, -0.1) is 23.1 Å². The van der Waals surface area contributed by atoms with Crippen molar-refractivity contribution in [2.24, 2.45) is 0 Å². The Morgan fingerprint density at radius 3 is 2.69 bits per heavy atom. The molecule has 0 saturated carbocycles. The molecule has 3 rings (SSSR count). The highest BCUT2D eigenvalue weighted by molar-refractivity contribution is 8.18. The van der Waals surface area contributed by atoms with Crippen molar-refractivity contribution in [1.82, 2.24) is 10.2 Å². The Balaban J connectivity index is 1.45. The first-order chi connectivity index (χ1) is 12.6. The highest BCUT2D eigenvalue weighted by Gasteiger charge is 2.34. The van der Waals surface area contributed by atoms with Crippen molar-refractivity contribution in [2.75, 3.05) is 18.8 Å². The zero-order valence-corrected chi connectivity index (χ0v) is 16.2. The molecule has 0 aliphatic carbocycles. The lowest BCUT2D eigenvalue weighted by atomic mass is 10.3. The van der Waals surface area contributed by atoms with Crippen molar-refractivity contribution < 1.29 is 14.4 Å². The monoisotopic (exact) mass is 404 g/mol. The van der Waals surface area contributed by atoms with Gasteiger partial charge in [0.25, 0.3) is 11.1 Å². The molecule has 2 heterocycles. The van der Waals surface area contributed by atoms with Gasteiger partial charge >= 0.3 is 0 Å². The fraction of sp³-hybridized carbons (Fsp3) is 0.167. The van der Waals surface area contributed by atoms with Crippen LogP contribution in [0.25, 0.3) is 6.08 Å². The highest BCUT2D eigenvalue weighted by atomic mass is 32.2. The van der Waals surface area contributed by atoms with Crippen LogP contribution in [0.2, 0.25) is 0 Å². The van der Waals surface area contributed by atoms with Gasteiger partial charge in [0, 0.05) is 22.9 Å². The zero-order valence-electron chi connectivity index (χ0n) is 13.7. The normalized spacial score (nSPS) is 15.7. The molecule has 5 nitrogen and oxygen atoms in total. The van der Waals surface area contributed by atoms with E-state index < -0.39 is 0 Å². The summed E-state index contributed by atoms with van der Waals surface area (Å²) in [6.07, 6.45) is 1.73. The van der Waals surface area contributed by atoms with Gasteiger partial charge < -0.3 is 5.32 Å². The van der Waals surface area contributed by atoms with E-state index >= 15 is 0 Å². The number of imide groups is 1. The number of thiophene rings is 1. The third-order valence-electron chi connectivity index (χ3n) is 3.46. The summed E-state index contributed by atoms with van der Waals surface area (Å²) in [4.78, 5) is 39.8. The topological polar surface area (TPSA) is 66.5 Å². The van der Waals surface area contributed by atoms with Crippen LogP contribution in [-0.4, -0.2) is 40.8 Å². The predicted molar refractivity (Wildman–Crippen MR) is 107 cm³/mol. The average Bonchev–Trinajstić information content (AvgIpc) is 3.24. The molecular weight excluding hydrogens is 388 g/mol. The number of carbonyl (C=O) groups is 3. The van der Waals surface area contributed by atoms with Gasteiger partial charge in [-0.05, 0) is 41.4 Å². The minimum Gasteiger partial charge on any atom is -0.354 e. The van der Waals surface area contributed by atoms with Crippen LogP contribution in [-0.2, 0) is 9.59 Å². The smallest absolute Gasteiger partial charge is 0.293 e. The van der Waals surface area contributed by atoms with Gasteiger partial charge in [0.1, 0.15) is 0 Å². The van der Waals surface area contributed by atoms with Crippen LogP contribution in [0.5, 0.6) is 0 Å². The summed E-state index contributed by atoms with van der Waals surface area (Å²) in [7, 11) is 0. The lowest BCUT2D eigenvalue weighted by molar-refractivity contribution is -0.123. The van der Waals surface area contributed by atoms with Crippen LogP contribution in [0.3, 0.4) is 0 Å². The van der Waals surface area contributed by atoms with Crippen molar-refractivity contribution in [3.63, 3.8) is 0 Å². The molecule has 1 saturated heterocycles. The molecule has 134 valence electrons. The molecule has 26 heavy (non-hydrogen) atoms. The second-order valence-electron chi connectivity index (χ2n) is 5.30. The van der Waals surface area contributed by atoms with E-state index in [1.54, 1.807) is 6.08 Å². The van der Waals surface area contributed by atoms with Gasteiger partial charge in [0.2, 0.25) is 5.91 Å². The fourth-order valence-corrected chi connectivity index (χ4v) is 4.56. The number of amides is 3. The first-order valence-corrected chi connectivity index (χ1v) is 10.5. The predicted octanol–water partition coefficient (Wildman–Crippen LogP) is 3.69. The molecule has 1 aliphatic rings. The van der Waals surface area contributed by atoms with Gasteiger partial charge in [-0.3, -0.25) is 19.3 Å². The minimum atomic E-state index is -0.304. The number of hydrogen-bond donors (Lipinski definition) is 1. The number of rotatable bonds is 7. The number of nitrogens with zero attached hydrogens (tertiary/aromatic N) is 1. The van der Waals surface area contributed by atoms with Crippen LogP contribution in [0.1, 0.15) is 4.88 Å². The molecule has 1 fully saturated rings. The molecule has 8 heteroatoms. The van der Waals surface area contributed by atoms with Gasteiger partial charge in [-0.1, -0.05) is 24.3 Å². The van der Waals surface area contributed by atoms with E-state index in [2.05, 4.69) is 5.32 Å². The average molecular weight is 405 g/mol. The third kappa shape index (κ3) is 5.00. The summed E-state index contributed by atoms with van der Waals surface area (Å²) in [5, 5.41) is 4.36. The van der Waals surface area contributed by atoms with Crippen LogP contribution < -0.4 is 5.32 Å². The molecule has 0 unspecified atom stereocenters. The lowest BCUT2D eigenvalue weighted by Crippen LogP contribution is -2.37. The van der Waals surface area contributed by atoms with Crippen LogP contribution in [0, 0.1) is 0 Å².